The van der Waals surface area contributed by atoms with E-state index in [4.69, 9.17) is 0 Å². The molecule has 0 saturated carbocycles. The molecule has 1 saturated heterocycles. The van der Waals surface area contributed by atoms with E-state index in [9.17, 15) is 4.79 Å². The zero-order valence-corrected chi connectivity index (χ0v) is 16.5. The van der Waals surface area contributed by atoms with E-state index in [1.54, 1.807) is 12.1 Å². The van der Waals surface area contributed by atoms with Gasteiger partial charge in [-0.2, -0.15) is 0 Å². The van der Waals surface area contributed by atoms with E-state index >= 15 is 0 Å². The van der Waals surface area contributed by atoms with Gasteiger partial charge in [-0.1, -0.05) is 25.1 Å². The fraction of sp³-hybridized carbons (Fsp3) is 0.333. The predicted octanol–water partition coefficient (Wildman–Crippen LogP) is 2.05. The lowest BCUT2D eigenvalue weighted by Crippen LogP contribution is -2.45. The summed E-state index contributed by atoms with van der Waals surface area (Å²) in [5.41, 5.74) is 3.33. The summed E-state index contributed by atoms with van der Waals surface area (Å²) in [6, 6.07) is 15.3. The average molecular weight is 391 g/mol. The second kappa shape index (κ2) is 8.93. The SMILES string of the molecule is CCN1CCN(Cc2ccc(NC(=O)c3cccc(-n4cnnn4)c3)cc2)CC1. The van der Waals surface area contributed by atoms with Crippen LogP contribution in [0.1, 0.15) is 22.8 Å². The van der Waals surface area contributed by atoms with Crippen molar-refractivity contribution in [2.24, 2.45) is 0 Å². The molecule has 1 aliphatic rings. The predicted molar refractivity (Wildman–Crippen MR) is 111 cm³/mol. The zero-order chi connectivity index (χ0) is 20.1. The molecule has 1 aromatic heterocycles. The van der Waals surface area contributed by atoms with E-state index in [-0.39, 0.29) is 5.91 Å². The van der Waals surface area contributed by atoms with E-state index < -0.39 is 0 Å². The highest BCUT2D eigenvalue weighted by Crippen LogP contribution is 2.15. The van der Waals surface area contributed by atoms with Crippen LogP contribution < -0.4 is 5.32 Å². The van der Waals surface area contributed by atoms with Gasteiger partial charge in [0, 0.05) is 44.0 Å². The Kier molecular flexibility index (Phi) is 5.92. The van der Waals surface area contributed by atoms with Crippen LogP contribution in [0.3, 0.4) is 0 Å². The molecule has 1 fully saturated rings. The molecule has 8 heteroatoms. The van der Waals surface area contributed by atoms with Crippen molar-refractivity contribution >= 4 is 11.6 Å². The number of tetrazole rings is 1. The Morgan fingerprint density at radius 1 is 1.03 bits per heavy atom. The number of benzene rings is 2. The summed E-state index contributed by atoms with van der Waals surface area (Å²) in [4.78, 5) is 17.6. The monoisotopic (exact) mass is 391 g/mol. The first kappa shape index (κ1) is 19.2. The molecule has 29 heavy (non-hydrogen) atoms. The summed E-state index contributed by atoms with van der Waals surface area (Å²) in [5, 5.41) is 14.1. The first-order valence-corrected chi connectivity index (χ1v) is 9.89. The van der Waals surface area contributed by atoms with Crippen molar-refractivity contribution < 1.29 is 4.79 Å². The number of amides is 1. The minimum absolute atomic E-state index is 0.164. The van der Waals surface area contributed by atoms with Crippen LogP contribution in [0.25, 0.3) is 5.69 Å². The van der Waals surface area contributed by atoms with Gasteiger partial charge in [0.25, 0.3) is 5.91 Å². The van der Waals surface area contributed by atoms with E-state index in [2.05, 4.69) is 49.7 Å². The van der Waals surface area contributed by atoms with Gasteiger partial charge in [0.1, 0.15) is 6.33 Å². The second-order valence-corrected chi connectivity index (χ2v) is 7.17. The molecule has 4 rings (SSSR count). The summed E-state index contributed by atoms with van der Waals surface area (Å²) >= 11 is 0. The van der Waals surface area contributed by atoms with Gasteiger partial charge in [-0.3, -0.25) is 9.69 Å². The minimum Gasteiger partial charge on any atom is -0.322 e. The maximum Gasteiger partial charge on any atom is 0.255 e. The number of hydrogen-bond donors (Lipinski definition) is 1. The van der Waals surface area contributed by atoms with Gasteiger partial charge in [-0.15, -0.1) is 5.10 Å². The molecular formula is C21H25N7O. The van der Waals surface area contributed by atoms with Crippen molar-refractivity contribution in [2.45, 2.75) is 13.5 Å². The van der Waals surface area contributed by atoms with Gasteiger partial charge >= 0.3 is 0 Å². The van der Waals surface area contributed by atoms with E-state index in [1.165, 1.54) is 16.6 Å². The molecule has 2 heterocycles. The van der Waals surface area contributed by atoms with E-state index in [1.807, 2.05) is 24.3 Å². The Hall–Kier alpha value is -3.10. The van der Waals surface area contributed by atoms with Crippen molar-refractivity contribution in [3.8, 4) is 5.69 Å². The molecule has 8 nitrogen and oxygen atoms in total. The van der Waals surface area contributed by atoms with Gasteiger partial charge in [-0.05, 0) is 52.9 Å². The average Bonchev–Trinajstić information content (AvgIpc) is 3.31. The van der Waals surface area contributed by atoms with E-state index in [0.29, 0.717) is 5.56 Å². The lowest BCUT2D eigenvalue weighted by Gasteiger charge is -2.34. The maximum absolute atomic E-state index is 12.6. The molecule has 0 radical (unpaired) electrons. The van der Waals surface area contributed by atoms with Crippen LogP contribution in [0.5, 0.6) is 0 Å². The summed E-state index contributed by atoms with van der Waals surface area (Å²) in [5.74, 6) is -0.164. The molecule has 0 atom stereocenters. The molecule has 0 bridgehead atoms. The first-order valence-electron chi connectivity index (χ1n) is 9.89. The third-order valence-corrected chi connectivity index (χ3v) is 5.25. The molecule has 1 N–H and O–H groups in total. The van der Waals surface area contributed by atoms with Gasteiger partial charge < -0.3 is 10.2 Å². The quantitative estimate of drug-likeness (QED) is 0.693. The van der Waals surface area contributed by atoms with Crippen LogP contribution in [0.4, 0.5) is 5.69 Å². The lowest BCUT2D eigenvalue weighted by molar-refractivity contribution is 0.102. The first-order chi connectivity index (χ1) is 14.2. The number of carbonyl (C=O) groups is 1. The maximum atomic E-state index is 12.6. The fourth-order valence-corrected chi connectivity index (χ4v) is 3.49. The number of rotatable bonds is 6. The smallest absolute Gasteiger partial charge is 0.255 e. The highest BCUT2D eigenvalue weighted by atomic mass is 16.1. The minimum atomic E-state index is -0.164. The molecule has 1 amide bonds. The summed E-state index contributed by atoms with van der Waals surface area (Å²) < 4.78 is 1.52. The van der Waals surface area contributed by atoms with Crippen LogP contribution in [0.15, 0.2) is 54.9 Å². The van der Waals surface area contributed by atoms with Crippen molar-refractivity contribution in [1.82, 2.24) is 30.0 Å². The number of hydrogen-bond acceptors (Lipinski definition) is 6. The normalized spacial score (nSPS) is 15.3. The zero-order valence-electron chi connectivity index (χ0n) is 16.5. The largest absolute Gasteiger partial charge is 0.322 e. The highest BCUT2D eigenvalue weighted by Gasteiger charge is 2.15. The van der Waals surface area contributed by atoms with Gasteiger partial charge in [0.2, 0.25) is 0 Å². The Morgan fingerprint density at radius 2 is 1.79 bits per heavy atom. The summed E-state index contributed by atoms with van der Waals surface area (Å²) in [6.07, 6.45) is 1.50. The molecule has 2 aromatic carbocycles. The standard InChI is InChI=1S/C21H25N7O/c1-2-26-10-12-27(13-11-26)15-17-6-8-19(9-7-17)23-21(29)18-4-3-5-20(14-18)28-16-22-24-25-28/h3-9,14,16H,2,10-13,15H2,1H3,(H,23,29). The van der Waals surface area contributed by atoms with Gasteiger partial charge in [0.05, 0.1) is 5.69 Å². The Labute approximate surface area is 170 Å². The summed E-state index contributed by atoms with van der Waals surface area (Å²) in [6.45, 7) is 8.75. The number of aromatic nitrogens is 4. The number of carbonyl (C=O) groups excluding carboxylic acids is 1. The number of anilines is 1. The molecule has 0 unspecified atom stereocenters. The van der Waals surface area contributed by atoms with Crippen molar-refractivity contribution in [3.05, 3.63) is 66.0 Å². The van der Waals surface area contributed by atoms with Crippen molar-refractivity contribution in [2.75, 3.05) is 38.0 Å². The third-order valence-electron chi connectivity index (χ3n) is 5.25. The molecule has 150 valence electrons. The Morgan fingerprint density at radius 3 is 2.48 bits per heavy atom. The van der Waals surface area contributed by atoms with Crippen molar-refractivity contribution in [3.63, 3.8) is 0 Å². The molecule has 0 spiro atoms. The third kappa shape index (κ3) is 4.85. The van der Waals surface area contributed by atoms with Crippen LogP contribution in [0, 0.1) is 0 Å². The van der Waals surface area contributed by atoms with Crippen LogP contribution in [-0.2, 0) is 6.54 Å². The number of likely N-dealkylation sites (N-methyl/N-ethyl adjacent to an activating group) is 1. The Bertz CT molecular complexity index is 932. The van der Waals surface area contributed by atoms with Crippen LogP contribution in [-0.4, -0.2) is 68.6 Å². The summed E-state index contributed by atoms with van der Waals surface area (Å²) in [7, 11) is 0. The van der Waals surface area contributed by atoms with Crippen LogP contribution >= 0.6 is 0 Å². The van der Waals surface area contributed by atoms with Crippen LogP contribution in [0.2, 0.25) is 0 Å². The second-order valence-electron chi connectivity index (χ2n) is 7.17. The highest BCUT2D eigenvalue weighted by molar-refractivity contribution is 6.04. The van der Waals surface area contributed by atoms with Gasteiger partial charge in [0.15, 0.2) is 0 Å². The topological polar surface area (TPSA) is 79.2 Å². The number of piperazine rings is 1. The lowest BCUT2D eigenvalue weighted by atomic mass is 10.1. The fourth-order valence-electron chi connectivity index (χ4n) is 3.49. The van der Waals surface area contributed by atoms with E-state index in [0.717, 1.165) is 50.6 Å². The number of nitrogens with zero attached hydrogens (tertiary/aromatic N) is 6. The molecule has 3 aromatic rings. The molecule has 1 aliphatic heterocycles. The number of nitrogens with one attached hydrogen (secondary N) is 1. The Balaban J connectivity index is 1.35. The molecule has 0 aliphatic carbocycles. The molecular weight excluding hydrogens is 366 g/mol. The van der Waals surface area contributed by atoms with Gasteiger partial charge in [-0.25, -0.2) is 4.68 Å². The van der Waals surface area contributed by atoms with Crippen molar-refractivity contribution in [1.29, 1.82) is 0 Å².